The van der Waals surface area contributed by atoms with Crippen LogP contribution >= 0.6 is 0 Å². The summed E-state index contributed by atoms with van der Waals surface area (Å²) in [5.41, 5.74) is 25.1. The van der Waals surface area contributed by atoms with Gasteiger partial charge < -0.3 is 27.4 Å². The Morgan fingerprint density at radius 1 is 0.459 bits per heavy atom. The second-order valence-electron chi connectivity index (χ2n) is 9.36. The van der Waals surface area contributed by atoms with Gasteiger partial charge in [0.15, 0.2) is 0 Å². The Bertz CT molecular complexity index is 1380. The molecule has 0 atom stereocenters. The molecule has 4 aromatic carbocycles. The van der Waals surface area contributed by atoms with Gasteiger partial charge in [-0.1, -0.05) is 27.7 Å². The summed E-state index contributed by atoms with van der Waals surface area (Å²) in [6.45, 7) is 8.64. The van der Waals surface area contributed by atoms with Crippen LogP contribution in [-0.2, 0) is 25.7 Å². The lowest BCUT2D eigenvalue weighted by Crippen LogP contribution is -2.01. The van der Waals surface area contributed by atoms with Gasteiger partial charge in [-0.2, -0.15) is 0 Å². The summed E-state index contributed by atoms with van der Waals surface area (Å²) in [7, 11) is 0. The lowest BCUT2D eigenvalue weighted by atomic mass is 10.1. The van der Waals surface area contributed by atoms with Crippen molar-refractivity contribution in [2.75, 3.05) is 27.4 Å². The zero-order valence-corrected chi connectivity index (χ0v) is 22.4. The van der Waals surface area contributed by atoms with Crippen LogP contribution in [0.1, 0.15) is 49.9 Å². The SMILES string of the molecule is CCc1cc(Nc2ccc(Nc3ccc(Nc4ccc(N)cc4CC)cc3CC)cc2CC)ccc1N. The number of aryl methyl sites for hydroxylation is 4. The van der Waals surface area contributed by atoms with Crippen molar-refractivity contribution in [1.29, 1.82) is 0 Å². The molecule has 0 fully saturated rings. The van der Waals surface area contributed by atoms with Gasteiger partial charge in [-0.3, -0.25) is 0 Å². The Morgan fingerprint density at radius 2 is 0.838 bits per heavy atom. The molecule has 0 aromatic heterocycles. The van der Waals surface area contributed by atoms with Gasteiger partial charge in [-0.05, 0) is 121 Å². The summed E-state index contributed by atoms with van der Waals surface area (Å²) in [6.07, 6.45) is 3.70. The van der Waals surface area contributed by atoms with Crippen molar-refractivity contribution in [3.63, 3.8) is 0 Å². The van der Waals surface area contributed by atoms with Crippen molar-refractivity contribution in [3.8, 4) is 0 Å². The fraction of sp³-hybridized carbons (Fsp3) is 0.250. The third-order valence-electron chi connectivity index (χ3n) is 6.84. The quantitative estimate of drug-likeness (QED) is 0.143. The molecular formula is C32H39N5. The average Bonchev–Trinajstić information content (AvgIpc) is 2.92. The molecule has 0 aliphatic heterocycles. The molecule has 0 radical (unpaired) electrons. The smallest absolute Gasteiger partial charge is 0.0418 e. The highest BCUT2D eigenvalue weighted by atomic mass is 14.9. The van der Waals surface area contributed by atoms with Crippen molar-refractivity contribution in [1.82, 2.24) is 0 Å². The molecule has 0 bridgehead atoms. The minimum atomic E-state index is 0.794. The summed E-state index contributed by atoms with van der Waals surface area (Å²) < 4.78 is 0. The summed E-state index contributed by atoms with van der Waals surface area (Å²) in [5, 5.41) is 10.8. The molecule has 5 nitrogen and oxygen atoms in total. The second-order valence-corrected chi connectivity index (χ2v) is 9.36. The van der Waals surface area contributed by atoms with Crippen molar-refractivity contribution < 1.29 is 0 Å². The normalized spacial score (nSPS) is 10.8. The Balaban J connectivity index is 1.53. The molecule has 0 aliphatic carbocycles. The van der Waals surface area contributed by atoms with E-state index in [1.807, 2.05) is 24.3 Å². The lowest BCUT2D eigenvalue weighted by Gasteiger charge is -2.18. The molecule has 4 aromatic rings. The number of hydrogen-bond acceptors (Lipinski definition) is 5. The Hall–Kier alpha value is -4.12. The van der Waals surface area contributed by atoms with E-state index in [9.17, 15) is 0 Å². The van der Waals surface area contributed by atoms with Gasteiger partial charge in [0.25, 0.3) is 0 Å². The number of nitrogen functional groups attached to an aromatic ring is 2. The molecule has 0 saturated carbocycles. The number of hydrogen-bond donors (Lipinski definition) is 5. The Labute approximate surface area is 221 Å². The maximum atomic E-state index is 6.09. The molecule has 0 amide bonds. The molecule has 192 valence electrons. The molecule has 37 heavy (non-hydrogen) atoms. The first-order chi connectivity index (χ1) is 17.9. The fourth-order valence-corrected chi connectivity index (χ4v) is 4.66. The van der Waals surface area contributed by atoms with Gasteiger partial charge in [0.1, 0.15) is 0 Å². The Kier molecular flexibility index (Phi) is 8.24. The number of benzene rings is 4. The van der Waals surface area contributed by atoms with Gasteiger partial charge in [-0.25, -0.2) is 0 Å². The average molecular weight is 494 g/mol. The zero-order valence-electron chi connectivity index (χ0n) is 22.4. The first-order valence-corrected chi connectivity index (χ1v) is 13.3. The minimum absolute atomic E-state index is 0.794. The standard InChI is InChI=1S/C32H39N5/c1-5-21-18-26(10-13-29(21)34)35-31-15-12-28(20-23(31)7-3)37-32-16-11-27(19-24(32)8-4)36-30-14-9-25(33)17-22(30)6-2/h9-20,35-37H,5-8,33-34H2,1-4H3. The van der Waals surface area contributed by atoms with Crippen molar-refractivity contribution in [3.05, 3.63) is 95.1 Å². The number of anilines is 8. The molecule has 0 saturated heterocycles. The van der Waals surface area contributed by atoms with Crippen molar-refractivity contribution in [2.45, 2.75) is 53.4 Å². The van der Waals surface area contributed by atoms with Gasteiger partial charge in [-0.15, -0.1) is 0 Å². The minimum Gasteiger partial charge on any atom is -0.399 e. The first-order valence-electron chi connectivity index (χ1n) is 13.3. The topological polar surface area (TPSA) is 88.1 Å². The molecule has 0 heterocycles. The lowest BCUT2D eigenvalue weighted by molar-refractivity contribution is 1.13. The molecular weight excluding hydrogens is 454 g/mol. The van der Waals surface area contributed by atoms with Gasteiger partial charge in [0.05, 0.1) is 0 Å². The van der Waals surface area contributed by atoms with E-state index in [-0.39, 0.29) is 0 Å². The predicted octanol–water partition coefficient (Wildman–Crippen LogP) is 8.33. The van der Waals surface area contributed by atoms with Gasteiger partial charge in [0.2, 0.25) is 0 Å². The third-order valence-corrected chi connectivity index (χ3v) is 6.84. The maximum absolute atomic E-state index is 6.09. The predicted molar refractivity (Wildman–Crippen MR) is 162 cm³/mol. The van der Waals surface area contributed by atoms with Crippen LogP contribution in [0.15, 0.2) is 72.8 Å². The molecule has 5 heteroatoms. The summed E-state index contributed by atoms with van der Waals surface area (Å²) in [4.78, 5) is 0. The second kappa shape index (κ2) is 11.7. The van der Waals surface area contributed by atoms with E-state index in [0.29, 0.717) is 0 Å². The highest BCUT2D eigenvalue weighted by Crippen LogP contribution is 2.31. The molecule has 0 spiro atoms. The van der Waals surface area contributed by atoms with Gasteiger partial charge in [0, 0.05) is 45.5 Å². The summed E-state index contributed by atoms with van der Waals surface area (Å²) in [6, 6.07) is 25.2. The van der Waals surface area contributed by atoms with Crippen LogP contribution in [0.3, 0.4) is 0 Å². The molecule has 0 unspecified atom stereocenters. The number of nitrogens with one attached hydrogen (secondary N) is 3. The first kappa shape index (κ1) is 26.0. The Morgan fingerprint density at radius 3 is 1.30 bits per heavy atom. The van der Waals surface area contributed by atoms with Crippen molar-refractivity contribution >= 4 is 45.5 Å². The van der Waals surface area contributed by atoms with Crippen LogP contribution < -0.4 is 27.4 Å². The highest BCUT2D eigenvalue weighted by molar-refractivity contribution is 5.74. The number of rotatable bonds is 10. The van der Waals surface area contributed by atoms with Crippen LogP contribution in [0.5, 0.6) is 0 Å². The molecule has 0 aliphatic rings. The third kappa shape index (κ3) is 6.18. The van der Waals surface area contributed by atoms with Crippen LogP contribution in [-0.4, -0.2) is 0 Å². The largest absolute Gasteiger partial charge is 0.399 e. The molecule has 4 rings (SSSR count). The monoisotopic (exact) mass is 493 g/mol. The fourth-order valence-electron chi connectivity index (χ4n) is 4.66. The highest BCUT2D eigenvalue weighted by Gasteiger charge is 2.09. The molecule has 7 N–H and O–H groups in total. The van der Waals surface area contributed by atoms with E-state index in [1.54, 1.807) is 0 Å². The van der Waals surface area contributed by atoms with E-state index in [0.717, 1.165) is 76.7 Å². The van der Waals surface area contributed by atoms with Gasteiger partial charge >= 0.3 is 0 Å². The van der Waals surface area contributed by atoms with Crippen LogP contribution in [0.4, 0.5) is 45.5 Å². The maximum Gasteiger partial charge on any atom is 0.0418 e. The van der Waals surface area contributed by atoms with Crippen LogP contribution in [0.2, 0.25) is 0 Å². The summed E-state index contributed by atoms with van der Waals surface area (Å²) in [5.74, 6) is 0. The van der Waals surface area contributed by atoms with E-state index in [1.165, 1.54) is 16.7 Å². The number of nitrogens with two attached hydrogens (primary N) is 2. The van der Waals surface area contributed by atoms with E-state index in [4.69, 9.17) is 11.5 Å². The summed E-state index contributed by atoms with van der Waals surface area (Å²) >= 11 is 0. The van der Waals surface area contributed by atoms with E-state index < -0.39 is 0 Å². The van der Waals surface area contributed by atoms with E-state index >= 15 is 0 Å². The van der Waals surface area contributed by atoms with Crippen LogP contribution in [0, 0.1) is 0 Å². The van der Waals surface area contributed by atoms with E-state index in [2.05, 4.69) is 92.2 Å². The zero-order chi connectivity index (χ0) is 26.4. The van der Waals surface area contributed by atoms with Crippen molar-refractivity contribution in [2.24, 2.45) is 0 Å². The van der Waals surface area contributed by atoms with Crippen LogP contribution in [0.25, 0.3) is 0 Å².